The normalized spacial score (nSPS) is 26.3. The van der Waals surface area contributed by atoms with Crippen LogP contribution in [0.4, 0.5) is 5.82 Å². The second kappa shape index (κ2) is 4.62. The van der Waals surface area contributed by atoms with E-state index in [0.29, 0.717) is 11.8 Å². The number of nitrogens with two attached hydrogens (primary N) is 1. The Kier molecular flexibility index (Phi) is 2.84. The highest BCUT2D eigenvalue weighted by molar-refractivity contribution is 5.51. The maximum Gasteiger partial charge on any atom is 0.124 e. The van der Waals surface area contributed by atoms with Gasteiger partial charge in [0.1, 0.15) is 5.82 Å². The summed E-state index contributed by atoms with van der Waals surface area (Å²) in [4.78, 5) is 0. The first kappa shape index (κ1) is 12.9. The number of hydrogen-bond acceptors (Lipinski definition) is 2. The van der Waals surface area contributed by atoms with E-state index in [0.717, 1.165) is 24.6 Å². The molecule has 2 N–H and O–H groups in total. The molecule has 0 amide bonds. The van der Waals surface area contributed by atoms with Crippen LogP contribution in [0.5, 0.6) is 0 Å². The lowest BCUT2D eigenvalue weighted by Crippen LogP contribution is -2.00. The van der Waals surface area contributed by atoms with Crippen LogP contribution in [0.25, 0.3) is 0 Å². The van der Waals surface area contributed by atoms with E-state index in [1.165, 1.54) is 24.1 Å². The largest absolute Gasteiger partial charge is 0.384 e. The van der Waals surface area contributed by atoms with Crippen LogP contribution in [0.15, 0.2) is 24.3 Å². The molecule has 0 radical (unpaired) electrons. The van der Waals surface area contributed by atoms with E-state index >= 15 is 0 Å². The van der Waals surface area contributed by atoms with Crippen molar-refractivity contribution in [3.8, 4) is 0 Å². The molecule has 2 aliphatic rings. The number of nitrogens with zero attached hydrogens (tertiary/aromatic N) is 2. The molecule has 3 heteroatoms. The Labute approximate surface area is 126 Å². The van der Waals surface area contributed by atoms with Crippen molar-refractivity contribution in [3.63, 3.8) is 0 Å². The van der Waals surface area contributed by atoms with Crippen molar-refractivity contribution in [1.82, 2.24) is 9.78 Å². The van der Waals surface area contributed by atoms with Crippen LogP contribution in [0.1, 0.15) is 54.0 Å². The summed E-state index contributed by atoms with van der Waals surface area (Å²) >= 11 is 0. The Morgan fingerprint density at radius 1 is 1.29 bits per heavy atom. The average molecular weight is 281 g/mol. The molecule has 0 aliphatic heterocycles. The van der Waals surface area contributed by atoms with E-state index in [1.54, 1.807) is 11.1 Å². The second-order valence-corrected chi connectivity index (χ2v) is 6.58. The van der Waals surface area contributed by atoms with Gasteiger partial charge in [0.05, 0.1) is 5.69 Å². The van der Waals surface area contributed by atoms with Crippen molar-refractivity contribution in [1.29, 1.82) is 0 Å². The summed E-state index contributed by atoms with van der Waals surface area (Å²) in [5.41, 5.74) is 11.9. The molecule has 1 heterocycles. The molecule has 3 atom stereocenters. The van der Waals surface area contributed by atoms with Crippen molar-refractivity contribution < 1.29 is 0 Å². The van der Waals surface area contributed by atoms with Gasteiger partial charge in [-0.2, -0.15) is 5.10 Å². The Morgan fingerprint density at radius 3 is 2.90 bits per heavy atom. The Hall–Kier alpha value is -1.77. The fourth-order valence-electron chi connectivity index (χ4n) is 4.32. The molecule has 1 fully saturated rings. The van der Waals surface area contributed by atoms with Gasteiger partial charge in [-0.3, -0.25) is 4.68 Å². The quantitative estimate of drug-likeness (QED) is 0.937. The minimum absolute atomic E-state index is 0.596. The number of hydrogen-bond donors (Lipinski definition) is 1. The Morgan fingerprint density at radius 2 is 2.10 bits per heavy atom. The zero-order valence-corrected chi connectivity index (χ0v) is 12.8. The first-order chi connectivity index (χ1) is 10.2. The van der Waals surface area contributed by atoms with Gasteiger partial charge in [0.25, 0.3) is 0 Å². The first-order valence-corrected chi connectivity index (χ1v) is 8.11. The van der Waals surface area contributed by atoms with Gasteiger partial charge in [-0.25, -0.2) is 0 Å². The van der Waals surface area contributed by atoms with Gasteiger partial charge < -0.3 is 5.73 Å². The lowest BCUT2D eigenvalue weighted by Gasteiger charge is -2.13. The summed E-state index contributed by atoms with van der Waals surface area (Å²) in [7, 11) is 1.97. The third kappa shape index (κ3) is 1.83. The van der Waals surface area contributed by atoms with E-state index < -0.39 is 0 Å². The van der Waals surface area contributed by atoms with Crippen molar-refractivity contribution >= 4 is 5.82 Å². The van der Waals surface area contributed by atoms with Crippen LogP contribution >= 0.6 is 0 Å². The fraction of sp³-hybridized carbons (Fsp3) is 0.500. The van der Waals surface area contributed by atoms with Crippen molar-refractivity contribution in [3.05, 3.63) is 46.6 Å². The van der Waals surface area contributed by atoms with Gasteiger partial charge in [-0.15, -0.1) is 0 Å². The molecule has 3 unspecified atom stereocenters. The lowest BCUT2D eigenvalue weighted by atomic mass is 9.92. The predicted molar refractivity (Wildman–Crippen MR) is 85.4 cm³/mol. The van der Waals surface area contributed by atoms with Crippen LogP contribution in [0, 0.1) is 5.92 Å². The molecule has 1 aromatic carbocycles. The summed E-state index contributed by atoms with van der Waals surface area (Å²) in [6, 6.07) is 8.95. The summed E-state index contributed by atoms with van der Waals surface area (Å²) in [6.45, 7) is 2.21. The van der Waals surface area contributed by atoms with E-state index in [9.17, 15) is 0 Å². The molecule has 0 spiro atoms. The number of aryl methyl sites for hydroxylation is 2. The predicted octanol–water partition coefficient (Wildman–Crippen LogP) is 3.40. The highest BCUT2D eigenvalue weighted by atomic mass is 15.3. The van der Waals surface area contributed by atoms with Crippen LogP contribution in [-0.4, -0.2) is 9.78 Å². The fourth-order valence-corrected chi connectivity index (χ4v) is 4.32. The summed E-state index contributed by atoms with van der Waals surface area (Å²) in [6.07, 6.45) is 4.70. The minimum atomic E-state index is 0.596. The first-order valence-electron chi connectivity index (χ1n) is 8.11. The van der Waals surface area contributed by atoms with Crippen molar-refractivity contribution in [2.45, 2.75) is 44.4 Å². The number of nitrogen functional groups attached to an aromatic ring is 1. The van der Waals surface area contributed by atoms with Gasteiger partial charge >= 0.3 is 0 Å². The molecular weight excluding hydrogens is 258 g/mol. The highest BCUT2D eigenvalue weighted by Crippen LogP contribution is 2.65. The molecule has 2 aliphatic carbocycles. The number of rotatable bonds is 3. The second-order valence-electron chi connectivity index (χ2n) is 6.58. The lowest BCUT2D eigenvalue weighted by molar-refractivity contribution is 0.652. The van der Waals surface area contributed by atoms with Gasteiger partial charge in [0, 0.05) is 18.5 Å². The van der Waals surface area contributed by atoms with E-state index in [-0.39, 0.29) is 0 Å². The smallest absolute Gasteiger partial charge is 0.124 e. The van der Waals surface area contributed by atoms with Crippen molar-refractivity contribution in [2.24, 2.45) is 13.0 Å². The average Bonchev–Trinajstić information content (AvgIpc) is 3.18. The Balaban J connectivity index is 1.73. The molecule has 0 saturated heterocycles. The molecule has 3 nitrogen and oxygen atoms in total. The van der Waals surface area contributed by atoms with E-state index in [4.69, 9.17) is 10.8 Å². The SMILES string of the molecule is CCCc1c(C2C3CCc4ccccc4C32)nn(C)c1N. The maximum absolute atomic E-state index is 6.24. The zero-order valence-electron chi connectivity index (χ0n) is 12.8. The molecule has 0 bridgehead atoms. The summed E-state index contributed by atoms with van der Waals surface area (Å²) in [5.74, 6) is 2.92. The maximum atomic E-state index is 6.24. The standard InChI is InChI=1S/C18H23N3/c1-3-6-14-17(20-21(2)18(14)19)16-13-10-9-11-7-4-5-8-12(11)15(13)16/h4-5,7-8,13,15-16H,3,6,9-10,19H2,1-2H3. The van der Waals surface area contributed by atoms with Crippen LogP contribution in [0.2, 0.25) is 0 Å². The molecule has 21 heavy (non-hydrogen) atoms. The molecule has 1 saturated carbocycles. The minimum Gasteiger partial charge on any atom is -0.384 e. The number of anilines is 1. The van der Waals surface area contributed by atoms with Crippen LogP contribution in [0.3, 0.4) is 0 Å². The van der Waals surface area contributed by atoms with Gasteiger partial charge in [0.2, 0.25) is 0 Å². The number of fused-ring (bicyclic) bond motifs is 3. The van der Waals surface area contributed by atoms with Gasteiger partial charge in [0.15, 0.2) is 0 Å². The third-order valence-electron chi connectivity index (χ3n) is 5.37. The zero-order chi connectivity index (χ0) is 14.6. The number of benzene rings is 1. The van der Waals surface area contributed by atoms with Crippen molar-refractivity contribution in [2.75, 3.05) is 5.73 Å². The van der Waals surface area contributed by atoms with E-state index in [2.05, 4.69) is 31.2 Å². The molecule has 4 rings (SSSR count). The van der Waals surface area contributed by atoms with Gasteiger partial charge in [-0.1, -0.05) is 37.6 Å². The topological polar surface area (TPSA) is 43.8 Å². The molecule has 110 valence electrons. The van der Waals surface area contributed by atoms with E-state index in [1.807, 2.05) is 11.7 Å². The molecular formula is C18H23N3. The van der Waals surface area contributed by atoms with Crippen LogP contribution < -0.4 is 5.73 Å². The third-order valence-corrected chi connectivity index (χ3v) is 5.37. The monoisotopic (exact) mass is 281 g/mol. The van der Waals surface area contributed by atoms with Gasteiger partial charge in [-0.05, 0) is 42.2 Å². The summed E-state index contributed by atoms with van der Waals surface area (Å²) < 4.78 is 1.87. The van der Waals surface area contributed by atoms with Crippen LogP contribution in [-0.2, 0) is 19.9 Å². The highest BCUT2D eigenvalue weighted by Gasteiger charge is 2.55. The Bertz CT molecular complexity index is 686. The number of aromatic nitrogens is 2. The molecule has 1 aromatic heterocycles. The summed E-state index contributed by atoms with van der Waals surface area (Å²) in [5, 5.41) is 4.78. The molecule has 2 aromatic rings.